The summed E-state index contributed by atoms with van der Waals surface area (Å²) < 4.78 is 45.7. The lowest BCUT2D eigenvalue weighted by atomic mass is 10.0. The van der Waals surface area contributed by atoms with Gasteiger partial charge >= 0.3 is 6.36 Å². The number of ether oxygens (including phenoxy) is 1. The average Bonchev–Trinajstić information content (AvgIpc) is 3.27. The lowest BCUT2D eigenvalue weighted by molar-refractivity contribution is -0.276. The number of rotatable bonds is 7. The summed E-state index contributed by atoms with van der Waals surface area (Å²) in [5, 5.41) is 7.77. The second kappa shape index (κ2) is 10.9. The molecule has 1 N–H and O–H groups in total. The average molecular weight is 660 g/mol. The number of alkyl halides is 3. The number of aryl methyl sites for hydroxylation is 3. The van der Waals surface area contributed by atoms with Crippen LogP contribution in [0.25, 0.3) is 27.7 Å². The topological polar surface area (TPSA) is 124 Å². The zero-order valence-electron chi connectivity index (χ0n) is 26.8. The summed E-state index contributed by atoms with van der Waals surface area (Å²) in [7, 11) is 0. The number of likely N-dealkylation sites (tertiary alicyclic amines) is 1. The van der Waals surface area contributed by atoms with E-state index in [2.05, 4.69) is 25.1 Å². The number of aromatic nitrogens is 5. The van der Waals surface area contributed by atoms with Crippen molar-refractivity contribution < 1.29 is 32.3 Å². The van der Waals surface area contributed by atoms with Gasteiger partial charge < -0.3 is 19.5 Å². The molecular formula is C34H32F3N7O4. The van der Waals surface area contributed by atoms with Crippen molar-refractivity contribution in [3.8, 4) is 17.0 Å². The molecule has 3 atom stereocenters. The standard InChI is InChI=1S/C34H32F3N7O4/c1-17-6-7-28(48-34(35,36)37)39-31(17)40-32(47)25-11-33(5)12-26(33)44(25)29(46)16-42-15-24(20(4)45)23-10-21(8-18(2)30(23)42)22-13-38-27-9-19(3)41-43(27)14-22/h6-10,13-15,25-26H,11-12,16H2,1-5H3,(H,39,40,47)/t25-,26+,33-/m0/s1. The van der Waals surface area contributed by atoms with Gasteiger partial charge in [-0.15, -0.1) is 13.2 Å². The number of amides is 2. The van der Waals surface area contributed by atoms with E-state index >= 15 is 0 Å². The number of carbonyl (C=O) groups is 3. The van der Waals surface area contributed by atoms with E-state index in [1.165, 1.54) is 13.0 Å². The van der Waals surface area contributed by atoms with Crippen LogP contribution in [-0.2, 0) is 16.1 Å². The minimum absolute atomic E-state index is 0.0779. The molecule has 248 valence electrons. The van der Waals surface area contributed by atoms with Crippen LogP contribution in [0.4, 0.5) is 19.0 Å². The maximum absolute atomic E-state index is 14.0. The van der Waals surface area contributed by atoms with Crippen LogP contribution in [0.5, 0.6) is 5.88 Å². The molecule has 0 radical (unpaired) electrons. The Bertz CT molecular complexity index is 2170. The molecule has 14 heteroatoms. The number of Topliss-reactive ketones (excluding diaryl/α,β-unsaturated/α-hetero) is 1. The first kappa shape index (κ1) is 31.3. The van der Waals surface area contributed by atoms with E-state index in [1.54, 1.807) is 33.3 Å². The van der Waals surface area contributed by atoms with Crippen LogP contribution < -0.4 is 10.1 Å². The Morgan fingerprint density at radius 1 is 1.04 bits per heavy atom. The number of ketones is 1. The smallest absolute Gasteiger partial charge is 0.388 e. The van der Waals surface area contributed by atoms with Gasteiger partial charge in [0.25, 0.3) is 0 Å². The molecule has 1 aromatic carbocycles. The normalized spacial score (nSPS) is 20.3. The van der Waals surface area contributed by atoms with Crippen molar-refractivity contribution in [1.82, 2.24) is 29.0 Å². The highest BCUT2D eigenvalue weighted by Crippen LogP contribution is 2.59. The van der Waals surface area contributed by atoms with E-state index in [4.69, 9.17) is 0 Å². The highest BCUT2D eigenvalue weighted by Gasteiger charge is 2.64. The van der Waals surface area contributed by atoms with Crippen LogP contribution in [0.2, 0.25) is 0 Å². The van der Waals surface area contributed by atoms with E-state index in [-0.39, 0.29) is 35.5 Å². The van der Waals surface area contributed by atoms with Gasteiger partial charge in [0.05, 0.1) is 11.2 Å². The van der Waals surface area contributed by atoms with Crippen LogP contribution in [0, 0.1) is 26.2 Å². The van der Waals surface area contributed by atoms with Gasteiger partial charge in [0.15, 0.2) is 11.4 Å². The first-order valence-corrected chi connectivity index (χ1v) is 15.4. The second-order valence-electron chi connectivity index (χ2n) is 13.1. The third kappa shape index (κ3) is 5.54. The minimum Gasteiger partial charge on any atom is -0.388 e. The van der Waals surface area contributed by atoms with Gasteiger partial charge in [-0.25, -0.2) is 9.50 Å². The Kier molecular flexibility index (Phi) is 7.11. The second-order valence-corrected chi connectivity index (χ2v) is 13.1. The van der Waals surface area contributed by atoms with Crippen LogP contribution in [0.15, 0.2) is 48.9 Å². The summed E-state index contributed by atoms with van der Waals surface area (Å²) in [5.41, 5.74) is 5.42. The Hall–Kier alpha value is -5.27. The summed E-state index contributed by atoms with van der Waals surface area (Å²) in [6.45, 7) is 8.77. The number of carbonyl (C=O) groups excluding carboxylic acids is 3. The molecule has 1 saturated carbocycles. The molecule has 4 aromatic heterocycles. The Balaban J connectivity index is 1.18. The van der Waals surface area contributed by atoms with E-state index in [1.807, 2.05) is 45.2 Å². The highest BCUT2D eigenvalue weighted by atomic mass is 19.4. The summed E-state index contributed by atoms with van der Waals surface area (Å²) in [6, 6.07) is 7.18. The fourth-order valence-corrected chi connectivity index (χ4v) is 6.97. The Morgan fingerprint density at radius 2 is 1.81 bits per heavy atom. The van der Waals surface area contributed by atoms with E-state index in [9.17, 15) is 27.6 Å². The maximum Gasteiger partial charge on any atom is 0.574 e. The Labute approximate surface area is 272 Å². The minimum atomic E-state index is -4.94. The van der Waals surface area contributed by atoms with Gasteiger partial charge in [0, 0.05) is 53.3 Å². The predicted molar refractivity (Wildman–Crippen MR) is 169 cm³/mol. The maximum atomic E-state index is 14.0. The van der Waals surface area contributed by atoms with Crippen molar-refractivity contribution in [1.29, 1.82) is 0 Å². The molecule has 1 saturated heterocycles. The highest BCUT2D eigenvalue weighted by molar-refractivity contribution is 6.09. The fourth-order valence-electron chi connectivity index (χ4n) is 6.97. The molecule has 48 heavy (non-hydrogen) atoms. The zero-order valence-corrected chi connectivity index (χ0v) is 26.8. The SMILES string of the molecule is CC(=O)c1cn(CC(=O)N2[C@H](C(=O)Nc3nc(OC(F)(F)F)ccc3C)C[C@@]3(C)C[C@@H]23)c2c(C)cc(-c3cnc4cc(C)nn4c3)cc12. The molecule has 2 amide bonds. The van der Waals surface area contributed by atoms with Gasteiger partial charge in [0.1, 0.15) is 18.4 Å². The number of nitrogens with zero attached hydrogens (tertiary/aromatic N) is 6. The van der Waals surface area contributed by atoms with Gasteiger partial charge in [-0.05, 0) is 74.8 Å². The van der Waals surface area contributed by atoms with Crippen LogP contribution in [-0.4, -0.2) is 65.1 Å². The molecule has 0 spiro atoms. The molecule has 2 aliphatic rings. The first-order valence-electron chi connectivity index (χ1n) is 15.4. The molecule has 11 nitrogen and oxygen atoms in total. The van der Waals surface area contributed by atoms with Gasteiger partial charge in [0.2, 0.25) is 17.7 Å². The lowest BCUT2D eigenvalue weighted by Gasteiger charge is -2.27. The van der Waals surface area contributed by atoms with Crippen molar-refractivity contribution >= 4 is 40.0 Å². The molecular weight excluding hydrogens is 627 g/mol. The molecule has 1 aliphatic carbocycles. The van der Waals surface area contributed by atoms with E-state index in [0.29, 0.717) is 22.9 Å². The molecule has 7 rings (SSSR count). The monoisotopic (exact) mass is 659 g/mol. The van der Waals surface area contributed by atoms with Crippen molar-refractivity contribution in [3.63, 3.8) is 0 Å². The summed E-state index contributed by atoms with van der Waals surface area (Å²) in [5.74, 6) is -1.79. The number of hydrogen-bond acceptors (Lipinski definition) is 7. The van der Waals surface area contributed by atoms with Crippen LogP contribution in [0.1, 0.15) is 53.9 Å². The van der Waals surface area contributed by atoms with Gasteiger partial charge in [-0.1, -0.05) is 13.0 Å². The molecule has 5 heterocycles. The van der Waals surface area contributed by atoms with E-state index in [0.717, 1.165) is 46.0 Å². The summed E-state index contributed by atoms with van der Waals surface area (Å²) in [4.78, 5) is 50.4. The van der Waals surface area contributed by atoms with Crippen molar-refractivity contribution in [2.24, 2.45) is 5.41 Å². The third-order valence-electron chi connectivity index (χ3n) is 9.38. The number of piperidine rings is 1. The van der Waals surface area contributed by atoms with Gasteiger partial charge in [-0.2, -0.15) is 10.1 Å². The molecule has 0 unspecified atom stereocenters. The predicted octanol–water partition coefficient (Wildman–Crippen LogP) is 5.79. The van der Waals surface area contributed by atoms with Crippen LogP contribution >= 0.6 is 0 Å². The largest absolute Gasteiger partial charge is 0.574 e. The fraction of sp³-hybridized carbons (Fsp3) is 0.353. The molecule has 2 fully saturated rings. The number of anilines is 1. The number of fused-ring (bicyclic) bond motifs is 3. The van der Waals surface area contributed by atoms with Crippen molar-refractivity contribution in [2.75, 3.05) is 5.32 Å². The molecule has 0 bridgehead atoms. The number of nitrogens with one attached hydrogen (secondary N) is 1. The van der Waals surface area contributed by atoms with Gasteiger partial charge in [-0.3, -0.25) is 14.4 Å². The number of benzene rings is 1. The lowest BCUT2D eigenvalue weighted by Crippen LogP contribution is -2.46. The van der Waals surface area contributed by atoms with Crippen molar-refractivity contribution in [3.05, 3.63) is 71.3 Å². The summed E-state index contributed by atoms with van der Waals surface area (Å²) >= 11 is 0. The third-order valence-corrected chi connectivity index (χ3v) is 9.38. The zero-order chi connectivity index (χ0) is 34.3. The van der Waals surface area contributed by atoms with E-state index < -0.39 is 24.2 Å². The Morgan fingerprint density at radius 3 is 2.54 bits per heavy atom. The number of halogens is 3. The summed E-state index contributed by atoms with van der Waals surface area (Å²) in [6.07, 6.45) is 1.50. The van der Waals surface area contributed by atoms with Crippen LogP contribution in [0.3, 0.4) is 0 Å². The number of hydrogen-bond donors (Lipinski definition) is 1. The molecule has 5 aromatic rings. The number of pyridine rings is 1. The molecule has 1 aliphatic heterocycles. The quantitative estimate of drug-likeness (QED) is 0.220. The first-order chi connectivity index (χ1) is 22.6. The van der Waals surface area contributed by atoms with Crippen molar-refractivity contribution in [2.45, 2.75) is 72.5 Å².